The maximum absolute atomic E-state index is 13.1. The lowest BCUT2D eigenvalue weighted by molar-refractivity contribution is -0.138. The van der Waals surface area contributed by atoms with E-state index < -0.39 is 0 Å². The van der Waals surface area contributed by atoms with Crippen molar-refractivity contribution in [3.8, 4) is 0 Å². The van der Waals surface area contributed by atoms with Gasteiger partial charge in [-0.1, -0.05) is 6.92 Å². The van der Waals surface area contributed by atoms with Gasteiger partial charge in [-0.2, -0.15) is 0 Å². The van der Waals surface area contributed by atoms with Crippen LogP contribution in [0.1, 0.15) is 39.0 Å². The van der Waals surface area contributed by atoms with Crippen molar-refractivity contribution >= 4 is 17.7 Å². The molecule has 0 aromatic rings. The van der Waals surface area contributed by atoms with Gasteiger partial charge in [0, 0.05) is 45.1 Å². The molecule has 2 rings (SSSR count). The highest BCUT2D eigenvalue weighted by atomic mass is 16.2. The van der Waals surface area contributed by atoms with Crippen molar-refractivity contribution < 1.29 is 14.4 Å². The number of nitrogens with one attached hydrogen (secondary N) is 1. The van der Waals surface area contributed by atoms with E-state index in [9.17, 15) is 14.4 Å². The lowest BCUT2D eigenvalue weighted by Gasteiger charge is -2.45. The number of carbonyl (C=O) groups excluding carboxylic acids is 3. The molecule has 0 radical (unpaired) electrons. The molecule has 148 valence electrons. The summed E-state index contributed by atoms with van der Waals surface area (Å²) in [4.78, 5) is 43.0. The average molecular weight is 367 g/mol. The fourth-order valence-electron chi connectivity index (χ4n) is 4.24. The van der Waals surface area contributed by atoms with Gasteiger partial charge in [0.15, 0.2) is 0 Å². The van der Waals surface area contributed by atoms with Gasteiger partial charge in [-0.25, -0.2) is 4.79 Å². The number of nitrogens with zero attached hydrogens (tertiary/aromatic N) is 3. The quantitative estimate of drug-likeness (QED) is 0.764. The van der Waals surface area contributed by atoms with Crippen LogP contribution in [0, 0.1) is 11.8 Å². The first kappa shape index (κ1) is 20.8. The van der Waals surface area contributed by atoms with Crippen molar-refractivity contribution in [3.05, 3.63) is 0 Å². The Hall–Kier alpha value is -1.47. The molecular formula is C19H34N4O3. The zero-order valence-corrected chi connectivity index (χ0v) is 16.7. The first-order valence-electron chi connectivity index (χ1n) is 9.79. The van der Waals surface area contributed by atoms with Crippen LogP contribution in [-0.4, -0.2) is 85.8 Å². The Morgan fingerprint density at radius 3 is 2.65 bits per heavy atom. The van der Waals surface area contributed by atoms with Crippen molar-refractivity contribution in [2.24, 2.45) is 11.8 Å². The largest absolute Gasteiger partial charge is 0.336 e. The van der Waals surface area contributed by atoms with Gasteiger partial charge in [-0.05, 0) is 46.3 Å². The summed E-state index contributed by atoms with van der Waals surface area (Å²) in [5.41, 5.74) is 0. The molecule has 0 bridgehead atoms. The number of rotatable bonds is 6. The van der Waals surface area contributed by atoms with Gasteiger partial charge < -0.3 is 15.1 Å². The number of amides is 3. The van der Waals surface area contributed by atoms with Crippen molar-refractivity contribution in [2.75, 3.05) is 47.3 Å². The number of hydrogen-bond donors (Lipinski definition) is 1. The molecular weight excluding hydrogens is 332 g/mol. The molecule has 2 fully saturated rings. The Kier molecular flexibility index (Phi) is 7.58. The third-order valence-corrected chi connectivity index (χ3v) is 5.56. The number of Topliss-reactive ketones (excluding diaryl/α,β-unsaturated/α-hetero) is 1. The fraction of sp³-hybridized carbons (Fsp3) is 0.842. The van der Waals surface area contributed by atoms with Crippen LogP contribution in [-0.2, 0) is 9.59 Å². The minimum atomic E-state index is -0.303. The Morgan fingerprint density at radius 1 is 1.27 bits per heavy atom. The highest BCUT2D eigenvalue weighted by molar-refractivity contribution is 5.95. The summed E-state index contributed by atoms with van der Waals surface area (Å²) >= 11 is 0. The molecule has 1 aliphatic carbocycles. The van der Waals surface area contributed by atoms with Gasteiger partial charge in [-0.3, -0.25) is 14.5 Å². The van der Waals surface area contributed by atoms with Gasteiger partial charge >= 0.3 is 6.03 Å². The maximum atomic E-state index is 13.1. The molecule has 3 atom stereocenters. The molecule has 0 aromatic carbocycles. The second-order valence-electron chi connectivity index (χ2n) is 8.01. The number of hydrogen-bond acceptors (Lipinski definition) is 5. The van der Waals surface area contributed by atoms with Crippen LogP contribution in [0.15, 0.2) is 0 Å². The van der Waals surface area contributed by atoms with E-state index in [0.29, 0.717) is 50.7 Å². The van der Waals surface area contributed by atoms with E-state index in [0.717, 1.165) is 19.4 Å². The highest BCUT2D eigenvalue weighted by Crippen LogP contribution is 2.36. The van der Waals surface area contributed by atoms with Gasteiger partial charge in [0.05, 0.1) is 5.92 Å². The summed E-state index contributed by atoms with van der Waals surface area (Å²) in [6.45, 7) is 4.32. The van der Waals surface area contributed by atoms with E-state index in [1.165, 1.54) is 4.90 Å². The smallest absolute Gasteiger partial charge is 0.324 e. The predicted octanol–water partition coefficient (Wildman–Crippen LogP) is 1.19. The molecule has 1 saturated heterocycles. The molecule has 7 nitrogen and oxygen atoms in total. The van der Waals surface area contributed by atoms with Crippen LogP contribution in [0.25, 0.3) is 0 Å². The Bertz CT molecular complexity index is 523. The number of fused-ring (bicyclic) bond motifs is 1. The predicted molar refractivity (Wildman–Crippen MR) is 101 cm³/mol. The molecule has 1 heterocycles. The standard InChI is InChI=1S/C19H34N4O3/c1-5-9-23(19(26)20-8-10-21(2)3)18(25)15-11-14-12-16(24)6-7-17(14)22(4)13-15/h14-15,17H,5-13H2,1-4H3,(H,20,26)/t14-,15-,17-/m1/s1. The van der Waals surface area contributed by atoms with Crippen molar-refractivity contribution in [3.63, 3.8) is 0 Å². The number of urea groups is 1. The fourth-order valence-corrected chi connectivity index (χ4v) is 4.24. The van der Waals surface area contributed by atoms with Crippen LogP contribution in [0.3, 0.4) is 0 Å². The number of piperidine rings is 1. The molecule has 7 heteroatoms. The van der Waals surface area contributed by atoms with Crippen LogP contribution in [0.4, 0.5) is 4.79 Å². The summed E-state index contributed by atoms with van der Waals surface area (Å²) < 4.78 is 0. The van der Waals surface area contributed by atoms with Gasteiger partial charge in [0.2, 0.25) is 5.91 Å². The summed E-state index contributed by atoms with van der Waals surface area (Å²) in [7, 11) is 5.93. The molecule has 1 saturated carbocycles. The lowest BCUT2D eigenvalue weighted by Crippen LogP contribution is -2.55. The molecule has 2 aliphatic rings. The number of imide groups is 1. The summed E-state index contributed by atoms with van der Waals surface area (Å²) in [5.74, 6) is 0.236. The monoisotopic (exact) mass is 366 g/mol. The highest BCUT2D eigenvalue weighted by Gasteiger charge is 2.42. The maximum Gasteiger partial charge on any atom is 0.324 e. The SMILES string of the molecule is CCCN(C(=O)NCCN(C)C)C(=O)[C@@H]1C[C@@H]2CC(=O)CC[C@H]2N(C)C1. The van der Waals surface area contributed by atoms with Crippen molar-refractivity contribution in [1.82, 2.24) is 20.0 Å². The van der Waals surface area contributed by atoms with Crippen LogP contribution in [0.2, 0.25) is 0 Å². The average Bonchev–Trinajstić information content (AvgIpc) is 2.58. The normalized spacial score (nSPS) is 26.5. The second-order valence-corrected chi connectivity index (χ2v) is 8.01. The number of carbonyl (C=O) groups is 3. The molecule has 1 aliphatic heterocycles. The Morgan fingerprint density at radius 2 is 2.00 bits per heavy atom. The van der Waals surface area contributed by atoms with E-state index in [2.05, 4.69) is 10.2 Å². The third kappa shape index (κ3) is 5.27. The lowest BCUT2D eigenvalue weighted by atomic mass is 9.74. The van der Waals surface area contributed by atoms with E-state index in [4.69, 9.17) is 0 Å². The summed E-state index contributed by atoms with van der Waals surface area (Å²) in [6.07, 6.45) is 3.57. The Labute approximate surface area is 157 Å². The van der Waals surface area contributed by atoms with Crippen molar-refractivity contribution in [2.45, 2.75) is 45.1 Å². The first-order chi connectivity index (χ1) is 12.3. The second kappa shape index (κ2) is 9.46. The Balaban J connectivity index is 2.00. The minimum Gasteiger partial charge on any atom is -0.336 e. The number of likely N-dealkylation sites (N-methyl/N-ethyl adjacent to an activating group) is 1. The zero-order chi connectivity index (χ0) is 19.3. The molecule has 26 heavy (non-hydrogen) atoms. The third-order valence-electron chi connectivity index (χ3n) is 5.56. The van der Waals surface area contributed by atoms with Gasteiger partial charge in [0.1, 0.15) is 5.78 Å². The molecule has 3 amide bonds. The molecule has 0 aromatic heterocycles. The van der Waals surface area contributed by atoms with E-state index >= 15 is 0 Å². The van der Waals surface area contributed by atoms with E-state index in [1.807, 2.05) is 33.0 Å². The van der Waals surface area contributed by atoms with Crippen LogP contribution in [0.5, 0.6) is 0 Å². The first-order valence-corrected chi connectivity index (χ1v) is 9.79. The van der Waals surface area contributed by atoms with E-state index in [-0.39, 0.29) is 23.8 Å². The molecule has 0 unspecified atom stereocenters. The molecule has 0 spiro atoms. The number of ketones is 1. The molecule has 1 N–H and O–H groups in total. The number of likely N-dealkylation sites (tertiary alicyclic amines) is 1. The van der Waals surface area contributed by atoms with Gasteiger partial charge in [0.25, 0.3) is 0 Å². The topological polar surface area (TPSA) is 73.0 Å². The van der Waals surface area contributed by atoms with Crippen molar-refractivity contribution in [1.29, 1.82) is 0 Å². The van der Waals surface area contributed by atoms with Crippen LogP contribution < -0.4 is 5.32 Å². The van der Waals surface area contributed by atoms with E-state index in [1.54, 1.807) is 0 Å². The minimum absolute atomic E-state index is 0.0995. The summed E-state index contributed by atoms with van der Waals surface area (Å²) in [6, 6.07) is 0.0912. The van der Waals surface area contributed by atoms with Crippen LogP contribution >= 0.6 is 0 Å². The zero-order valence-electron chi connectivity index (χ0n) is 16.7. The van der Waals surface area contributed by atoms with Gasteiger partial charge in [-0.15, -0.1) is 0 Å². The summed E-state index contributed by atoms with van der Waals surface area (Å²) in [5, 5.41) is 2.85.